The van der Waals surface area contributed by atoms with E-state index in [1.54, 1.807) is 35.6 Å². The number of hydrogen-bond donors (Lipinski definition) is 1. The maximum atomic E-state index is 12.9. The summed E-state index contributed by atoms with van der Waals surface area (Å²) in [6.45, 7) is 0. The first-order chi connectivity index (χ1) is 15.3. The van der Waals surface area contributed by atoms with Gasteiger partial charge in [0.1, 0.15) is 12.1 Å². The fourth-order valence-electron chi connectivity index (χ4n) is 3.18. The van der Waals surface area contributed by atoms with E-state index in [4.69, 9.17) is 0 Å². The fourth-order valence-corrected chi connectivity index (χ4v) is 4.80. The van der Waals surface area contributed by atoms with E-state index in [9.17, 15) is 4.79 Å². The summed E-state index contributed by atoms with van der Waals surface area (Å²) >= 11 is 3.17. The van der Waals surface area contributed by atoms with Crippen molar-refractivity contribution in [3.8, 4) is 5.82 Å². The quantitative estimate of drug-likeness (QED) is 0.355. The van der Waals surface area contributed by atoms with Crippen LogP contribution in [0.25, 0.3) is 16.9 Å². The van der Waals surface area contributed by atoms with Gasteiger partial charge in [-0.25, -0.2) is 15.0 Å². The number of fused-ring (bicyclic) bond motifs is 1. The van der Waals surface area contributed by atoms with E-state index in [1.807, 2.05) is 76.1 Å². The van der Waals surface area contributed by atoms with Crippen molar-refractivity contribution in [1.29, 1.82) is 0 Å². The molecular formula is C23H17N5OS2. The Hall–Kier alpha value is -3.49. The Bertz CT molecular complexity index is 1330. The molecule has 2 aromatic carbocycles. The summed E-state index contributed by atoms with van der Waals surface area (Å²) in [5.41, 5.74) is 5.99. The molecule has 31 heavy (non-hydrogen) atoms. The third-order valence-electron chi connectivity index (χ3n) is 4.70. The summed E-state index contributed by atoms with van der Waals surface area (Å²) in [4.78, 5) is 27.0. The fraction of sp³-hybridized carbons (Fsp3) is 0.0435. The van der Waals surface area contributed by atoms with Crippen LogP contribution in [0.3, 0.4) is 0 Å². The summed E-state index contributed by atoms with van der Waals surface area (Å²) < 4.78 is 1.92. The van der Waals surface area contributed by atoms with Crippen LogP contribution in [0.4, 0.5) is 5.69 Å². The smallest absolute Gasteiger partial charge is 0.256 e. The molecule has 3 heterocycles. The number of carbonyl (C=O) groups excluding carboxylic acids is 1. The summed E-state index contributed by atoms with van der Waals surface area (Å²) in [5, 5.41) is 4.97. The number of thiazole rings is 1. The van der Waals surface area contributed by atoms with Crippen LogP contribution in [0.1, 0.15) is 16.1 Å². The standard InChI is InChI=1S/C23H17N5OS2/c29-23(18-5-1-4-8-21(18)31-13-17-12-30-15-26-17)27-16-9-10-22(24-11-16)28-14-25-19-6-2-3-7-20(19)28/h1-12,14-15H,13H2,(H,27,29). The van der Waals surface area contributed by atoms with Gasteiger partial charge in [-0.15, -0.1) is 23.1 Å². The molecule has 0 bridgehead atoms. The highest BCUT2D eigenvalue weighted by Crippen LogP contribution is 2.27. The third-order valence-corrected chi connectivity index (χ3v) is 6.44. The zero-order valence-corrected chi connectivity index (χ0v) is 17.9. The molecule has 0 spiro atoms. The van der Waals surface area contributed by atoms with Gasteiger partial charge in [-0.1, -0.05) is 24.3 Å². The highest BCUT2D eigenvalue weighted by atomic mass is 32.2. The van der Waals surface area contributed by atoms with Gasteiger partial charge in [0.05, 0.1) is 39.7 Å². The number of rotatable bonds is 6. The van der Waals surface area contributed by atoms with Crippen LogP contribution >= 0.6 is 23.1 Å². The second-order valence-electron chi connectivity index (χ2n) is 6.73. The van der Waals surface area contributed by atoms with Crippen LogP contribution in [0.15, 0.2) is 89.0 Å². The summed E-state index contributed by atoms with van der Waals surface area (Å²) in [6, 6.07) is 19.2. The number of anilines is 1. The minimum Gasteiger partial charge on any atom is -0.321 e. The minimum absolute atomic E-state index is 0.163. The van der Waals surface area contributed by atoms with E-state index in [-0.39, 0.29) is 5.91 Å². The Morgan fingerprint density at radius 3 is 2.71 bits per heavy atom. The van der Waals surface area contributed by atoms with Gasteiger partial charge < -0.3 is 5.32 Å². The number of nitrogens with one attached hydrogen (secondary N) is 1. The molecule has 0 fully saturated rings. The topological polar surface area (TPSA) is 72.7 Å². The number of benzene rings is 2. The van der Waals surface area contributed by atoms with Gasteiger partial charge in [0.25, 0.3) is 5.91 Å². The number of nitrogens with zero attached hydrogens (tertiary/aromatic N) is 4. The molecule has 0 aliphatic carbocycles. The monoisotopic (exact) mass is 443 g/mol. The summed E-state index contributed by atoms with van der Waals surface area (Å²) in [6.07, 6.45) is 3.41. The number of para-hydroxylation sites is 2. The lowest BCUT2D eigenvalue weighted by atomic mass is 10.2. The molecule has 8 heteroatoms. The van der Waals surface area contributed by atoms with E-state index in [1.165, 1.54) is 0 Å². The van der Waals surface area contributed by atoms with E-state index >= 15 is 0 Å². The number of carbonyl (C=O) groups is 1. The van der Waals surface area contributed by atoms with Gasteiger partial charge in [0.2, 0.25) is 0 Å². The molecule has 0 atom stereocenters. The van der Waals surface area contributed by atoms with E-state index in [2.05, 4.69) is 20.3 Å². The molecule has 6 nitrogen and oxygen atoms in total. The molecule has 1 N–H and O–H groups in total. The Morgan fingerprint density at radius 2 is 1.87 bits per heavy atom. The lowest BCUT2D eigenvalue weighted by Crippen LogP contribution is -2.13. The molecule has 3 aromatic heterocycles. The lowest BCUT2D eigenvalue weighted by Gasteiger charge is -2.10. The van der Waals surface area contributed by atoms with Crippen molar-refractivity contribution in [3.63, 3.8) is 0 Å². The van der Waals surface area contributed by atoms with Crippen LogP contribution in [0, 0.1) is 0 Å². The first kappa shape index (κ1) is 19.5. The predicted molar refractivity (Wildman–Crippen MR) is 125 cm³/mol. The summed E-state index contributed by atoms with van der Waals surface area (Å²) in [7, 11) is 0. The van der Waals surface area contributed by atoms with Crippen LogP contribution in [0.5, 0.6) is 0 Å². The average Bonchev–Trinajstić information content (AvgIpc) is 3.48. The molecule has 0 saturated carbocycles. The predicted octanol–water partition coefficient (Wildman–Crippen LogP) is 5.42. The van der Waals surface area contributed by atoms with Crippen LogP contribution in [0.2, 0.25) is 0 Å². The molecule has 5 aromatic rings. The van der Waals surface area contributed by atoms with E-state index < -0.39 is 0 Å². The first-order valence-corrected chi connectivity index (χ1v) is 11.5. The number of imidazole rings is 1. The first-order valence-electron chi connectivity index (χ1n) is 9.57. The Morgan fingerprint density at radius 1 is 1.00 bits per heavy atom. The van der Waals surface area contributed by atoms with Crippen molar-refractivity contribution >= 4 is 45.7 Å². The molecule has 0 aliphatic heterocycles. The van der Waals surface area contributed by atoms with Crippen molar-refractivity contribution in [1.82, 2.24) is 19.5 Å². The van der Waals surface area contributed by atoms with Crippen LogP contribution in [-0.2, 0) is 5.75 Å². The zero-order valence-electron chi connectivity index (χ0n) is 16.3. The Kier molecular flexibility index (Phi) is 5.47. The maximum absolute atomic E-state index is 12.9. The van der Waals surface area contributed by atoms with Crippen molar-refractivity contribution in [2.75, 3.05) is 5.32 Å². The molecular weight excluding hydrogens is 426 g/mol. The number of aromatic nitrogens is 4. The van der Waals surface area contributed by atoms with E-state index in [0.29, 0.717) is 11.3 Å². The van der Waals surface area contributed by atoms with Crippen molar-refractivity contribution in [3.05, 3.63) is 95.3 Å². The zero-order chi connectivity index (χ0) is 21.0. The van der Waals surface area contributed by atoms with Gasteiger partial charge in [0, 0.05) is 16.0 Å². The average molecular weight is 444 g/mol. The van der Waals surface area contributed by atoms with Crippen molar-refractivity contribution in [2.24, 2.45) is 0 Å². The lowest BCUT2D eigenvalue weighted by molar-refractivity contribution is 0.102. The van der Waals surface area contributed by atoms with E-state index in [0.717, 1.165) is 33.2 Å². The molecule has 0 aliphatic rings. The highest BCUT2D eigenvalue weighted by molar-refractivity contribution is 7.98. The second kappa shape index (κ2) is 8.71. The van der Waals surface area contributed by atoms with Gasteiger partial charge in [-0.2, -0.15) is 0 Å². The van der Waals surface area contributed by atoms with Gasteiger partial charge in [-0.05, 0) is 36.4 Å². The second-order valence-corrected chi connectivity index (χ2v) is 8.46. The largest absolute Gasteiger partial charge is 0.321 e. The number of amides is 1. The molecule has 1 amide bonds. The number of pyridine rings is 1. The third kappa shape index (κ3) is 4.21. The van der Waals surface area contributed by atoms with Gasteiger partial charge in [0.15, 0.2) is 0 Å². The Balaban J connectivity index is 1.32. The molecule has 0 radical (unpaired) electrons. The maximum Gasteiger partial charge on any atom is 0.256 e. The van der Waals surface area contributed by atoms with Crippen LogP contribution in [-0.4, -0.2) is 25.4 Å². The van der Waals surface area contributed by atoms with Crippen molar-refractivity contribution in [2.45, 2.75) is 10.6 Å². The number of hydrogen-bond acceptors (Lipinski definition) is 6. The molecule has 0 unspecified atom stereocenters. The SMILES string of the molecule is O=C(Nc1ccc(-n2cnc3ccccc32)nc1)c1ccccc1SCc1cscn1. The number of thioether (sulfide) groups is 1. The minimum atomic E-state index is -0.163. The highest BCUT2D eigenvalue weighted by Gasteiger charge is 2.13. The molecule has 5 rings (SSSR count). The van der Waals surface area contributed by atoms with Crippen LogP contribution < -0.4 is 5.32 Å². The molecule has 152 valence electrons. The molecule has 0 saturated heterocycles. The Labute approximate surface area is 187 Å². The normalized spacial score (nSPS) is 11.0. The van der Waals surface area contributed by atoms with Crippen molar-refractivity contribution < 1.29 is 4.79 Å². The van der Waals surface area contributed by atoms with Gasteiger partial charge >= 0.3 is 0 Å². The summed E-state index contributed by atoms with van der Waals surface area (Å²) in [5.74, 6) is 1.30. The van der Waals surface area contributed by atoms with Gasteiger partial charge in [-0.3, -0.25) is 9.36 Å².